The second-order valence-corrected chi connectivity index (χ2v) is 7.46. The summed E-state index contributed by atoms with van der Waals surface area (Å²) in [5.41, 5.74) is 0. The normalized spacial score (nSPS) is 18.5. The second kappa shape index (κ2) is 10.7. The van der Waals surface area contributed by atoms with E-state index in [1.54, 1.807) is 24.3 Å². The van der Waals surface area contributed by atoms with Gasteiger partial charge in [-0.05, 0) is 62.1 Å². The maximum Gasteiger partial charge on any atom is 0.258 e. The Morgan fingerprint density at radius 2 is 1.21 bits per heavy atom. The van der Waals surface area contributed by atoms with Crippen LogP contribution in [0.25, 0.3) is 0 Å². The molecule has 0 atom stereocenters. The molecule has 0 heterocycles. The maximum atomic E-state index is 12.1. The van der Waals surface area contributed by atoms with Gasteiger partial charge >= 0.3 is 0 Å². The molecule has 29 heavy (non-hydrogen) atoms. The Bertz CT molecular complexity index is 790. The van der Waals surface area contributed by atoms with Crippen LogP contribution >= 0.6 is 11.6 Å². The summed E-state index contributed by atoms with van der Waals surface area (Å²) < 4.78 is 10.9. The van der Waals surface area contributed by atoms with Gasteiger partial charge in [0.05, 0.1) is 0 Å². The molecule has 154 valence electrons. The molecule has 2 amide bonds. The van der Waals surface area contributed by atoms with E-state index in [0.717, 1.165) is 25.7 Å². The van der Waals surface area contributed by atoms with Crippen molar-refractivity contribution in [2.45, 2.75) is 37.8 Å². The quantitative estimate of drug-likeness (QED) is 0.692. The first-order valence-corrected chi connectivity index (χ1v) is 10.1. The van der Waals surface area contributed by atoms with E-state index in [4.69, 9.17) is 21.1 Å². The van der Waals surface area contributed by atoms with E-state index < -0.39 is 0 Å². The van der Waals surface area contributed by atoms with Gasteiger partial charge < -0.3 is 20.1 Å². The lowest BCUT2D eigenvalue weighted by molar-refractivity contribution is -0.125. The van der Waals surface area contributed by atoms with Crippen LogP contribution in [0.1, 0.15) is 25.7 Å². The van der Waals surface area contributed by atoms with E-state index in [1.165, 1.54) is 0 Å². The van der Waals surface area contributed by atoms with Crippen molar-refractivity contribution < 1.29 is 19.1 Å². The van der Waals surface area contributed by atoms with Crippen LogP contribution in [0.15, 0.2) is 54.6 Å². The molecule has 0 spiro atoms. The van der Waals surface area contributed by atoms with Gasteiger partial charge in [0.15, 0.2) is 13.2 Å². The second-order valence-electron chi connectivity index (χ2n) is 7.03. The predicted molar refractivity (Wildman–Crippen MR) is 111 cm³/mol. The zero-order valence-corrected chi connectivity index (χ0v) is 16.9. The molecule has 1 aliphatic carbocycles. The van der Waals surface area contributed by atoms with Crippen LogP contribution in [0, 0.1) is 0 Å². The Balaban J connectivity index is 1.30. The largest absolute Gasteiger partial charge is 0.484 e. The summed E-state index contributed by atoms with van der Waals surface area (Å²) in [6.07, 6.45) is 3.27. The molecule has 1 saturated carbocycles. The van der Waals surface area contributed by atoms with Crippen molar-refractivity contribution in [1.29, 1.82) is 0 Å². The van der Waals surface area contributed by atoms with Gasteiger partial charge in [0.25, 0.3) is 11.8 Å². The Morgan fingerprint density at radius 1 is 0.759 bits per heavy atom. The lowest BCUT2D eigenvalue weighted by atomic mass is 9.91. The van der Waals surface area contributed by atoms with Crippen molar-refractivity contribution in [3.05, 3.63) is 59.6 Å². The Kier molecular flexibility index (Phi) is 7.76. The van der Waals surface area contributed by atoms with Gasteiger partial charge in [-0.15, -0.1) is 0 Å². The summed E-state index contributed by atoms with van der Waals surface area (Å²) >= 11 is 5.82. The first-order chi connectivity index (χ1) is 14.1. The zero-order chi connectivity index (χ0) is 20.5. The highest BCUT2D eigenvalue weighted by molar-refractivity contribution is 6.30. The summed E-state index contributed by atoms with van der Waals surface area (Å²) in [4.78, 5) is 24.1. The van der Waals surface area contributed by atoms with Crippen LogP contribution in [0.2, 0.25) is 5.02 Å². The van der Waals surface area contributed by atoms with E-state index in [9.17, 15) is 9.59 Å². The van der Waals surface area contributed by atoms with E-state index in [0.29, 0.717) is 16.5 Å². The molecule has 0 bridgehead atoms. The van der Waals surface area contributed by atoms with E-state index in [2.05, 4.69) is 10.6 Å². The lowest BCUT2D eigenvalue weighted by Gasteiger charge is -2.29. The van der Waals surface area contributed by atoms with Crippen molar-refractivity contribution in [3.63, 3.8) is 0 Å². The number of ether oxygens (including phenoxy) is 2. The monoisotopic (exact) mass is 416 g/mol. The fraction of sp³-hybridized carbons (Fsp3) is 0.364. The molecule has 2 N–H and O–H groups in total. The molecular weight excluding hydrogens is 392 g/mol. The topological polar surface area (TPSA) is 76.7 Å². The third-order valence-electron chi connectivity index (χ3n) is 4.75. The predicted octanol–water partition coefficient (Wildman–Crippen LogP) is 3.34. The number of halogens is 1. The number of benzene rings is 2. The molecule has 6 nitrogen and oxygen atoms in total. The van der Waals surface area contributed by atoms with E-state index in [-0.39, 0.29) is 37.1 Å². The van der Waals surface area contributed by atoms with Crippen molar-refractivity contribution in [2.75, 3.05) is 13.2 Å². The molecule has 0 radical (unpaired) electrons. The van der Waals surface area contributed by atoms with Crippen molar-refractivity contribution >= 4 is 23.4 Å². The third-order valence-corrected chi connectivity index (χ3v) is 5.01. The summed E-state index contributed by atoms with van der Waals surface area (Å²) in [5, 5.41) is 6.62. The fourth-order valence-electron chi connectivity index (χ4n) is 3.27. The van der Waals surface area contributed by atoms with Crippen LogP contribution < -0.4 is 20.1 Å². The maximum absolute atomic E-state index is 12.1. The minimum atomic E-state index is -0.149. The minimum Gasteiger partial charge on any atom is -0.484 e. The fourth-order valence-corrected chi connectivity index (χ4v) is 3.39. The van der Waals surface area contributed by atoms with Crippen LogP contribution in [-0.4, -0.2) is 37.1 Å². The van der Waals surface area contributed by atoms with Gasteiger partial charge in [-0.25, -0.2) is 0 Å². The lowest BCUT2D eigenvalue weighted by Crippen LogP contribution is -2.45. The number of hydrogen-bond donors (Lipinski definition) is 2. The van der Waals surface area contributed by atoms with E-state index in [1.807, 2.05) is 30.3 Å². The Hall–Kier alpha value is -2.73. The summed E-state index contributed by atoms with van der Waals surface area (Å²) in [5.74, 6) is 1.00. The van der Waals surface area contributed by atoms with Gasteiger partial charge in [0.1, 0.15) is 11.5 Å². The van der Waals surface area contributed by atoms with Gasteiger partial charge in [-0.2, -0.15) is 0 Å². The number of carbonyl (C=O) groups excluding carboxylic acids is 2. The Morgan fingerprint density at radius 3 is 1.69 bits per heavy atom. The van der Waals surface area contributed by atoms with Crippen molar-refractivity contribution in [3.8, 4) is 11.5 Å². The molecule has 1 fully saturated rings. The van der Waals surface area contributed by atoms with Crippen molar-refractivity contribution in [1.82, 2.24) is 10.6 Å². The average Bonchev–Trinajstić information content (AvgIpc) is 2.74. The average molecular weight is 417 g/mol. The number of carbonyl (C=O) groups is 2. The smallest absolute Gasteiger partial charge is 0.258 e. The molecule has 1 aliphatic rings. The molecule has 2 aromatic carbocycles. The first-order valence-electron chi connectivity index (χ1n) is 9.73. The summed E-state index contributed by atoms with van der Waals surface area (Å²) in [6.45, 7) is -0.0299. The standard InChI is InChI=1S/C22H25ClN2O4/c23-16-6-12-20(13-7-16)29-15-22(27)25-18-10-8-17(9-11-18)24-21(26)14-28-19-4-2-1-3-5-19/h1-7,12-13,17-18H,8-11,14-15H2,(H,24,26)(H,25,27)/t17-,18-. The number of para-hydroxylation sites is 1. The highest BCUT2D eigenvalue weighted by atomic mass is 35.5. The Labute approximate surface area is 175 Å². The third kappa shape index (κ3) is 7.31. The van der Waals surface area contributed by atoms with E-state index >= 15 is 0 Å². The van der Waals surface area contributed by atoms with Crippen LogP contribution in [-0.2, 0) is 9.59 Å². The first kappa shape index (κ1) is 21.0. The molecule has 7 heteroatoms. The van der Waals surface area contributed by atoms with Crippen molar-refractivity contribution in [2.24, 2.45) is 0 Å². The van der Waals surface area contributed by atoms with Gasteiger partial charge in [0.2, 0.25) is 0 Å². The number of hydrogen-bond acceptors (Lipinski definition) is 4. The number of nitrogens with one attached hydrogen (secondary N) is 2. The highest BCUT2D eigenvalue weighted by Crippen LogP contribution is 2.19. The van der Waals surface area contributed by atoms with Crippen LogP contribution in [0.4, 0.5) is 0 Å². The SMILES string of the molecule is O=C(COc1ccccc1)N[C@H]1CC[C@H](NC(=O)COc2ccc(Cl)cc2)CC1. The molecule has 0 aliphatic heterocycles. The van der Waals surface area contributed by atoms with Gasteiger partial charge in [-0.1, -0.05) is 29.8 Å². The molecule has 0 aromatic heterocycles. The zero-order valence-electron chi connectivity index (χ0n) is 16.1. The van der Waals surface area contributed by atoms with Gasteiger partial charge in [-0.3, -0.25) is 9.59 Å². The molecule has 2 aromatic rings. The molecule has 3 rings (SSSR count). The van der Waals surface area contributed by atoms with Gasteiger partial charge in [0, 0.05) is 17.1 Å². The highest BCUT2D eigenvalue weighted by Gasteiger charge is 2.23. The van der Waals surface area contributed by atoms with Crippen LogP contribution in [0.3, 0.4) is 0 Å². The molecular formula is C22H25ClN2O4. The summed E-state index contributed by atoms with van der Waals surface area (Å²) in [7, 11) is 0. The number of rotatable bonds is 8. The minimum absolute atomic E-state index is 0.00269. The summed E-state index contributed by atoms with van der Waals surface area (Å²) in [6, 6.07) is 16.4. The molecule has 0 saturated heterocycles. The van der Waals surface area contributed by atoms with Crippen LogP contribution in [0.5, 0.6) is 11.5 Å². The number of amides is 2. The molecule has 0 unspecified atom stereocenters.